The average molecular weight is 346 g/mol. The van der Waals surface area contributed by atoms with Crippen LogP contribution < -0.4 is 5.32 Å². The highest BCUT2D eigenvalue weighted by Crippen LogP contribution is 2.24. The topological polar surface area (TPSA) is 71.8 Å². The van der Waals surface area contributed by atoms with E-state index in [1.165, 1.54) is 12.0 Å². The van der Waals surface area contributed by atoms with Gasteiger partial charge in [0, 0.05) is 19.5 Å². The summed E-state index contributed by atoms with van der Waals surface area (Å²) < 4.78 is 10.3. The first-order valence-corrected chi connectivity index (χ1v) is 8.35. The molecule has 1 amide bonds. The largest absolute Gasteiger partial charge is 0.468 e. The molecule has 1 aromatic carbocycles. The Kier molecular flexibility index (Phi) is 6.20. The van der Waals surface area contributed by atoms with Gasteiger partial charge in [0.05, 0.1) is 13.4 Å². The molecule has 2 aromatic rings. The van der Waals surface area contributed by atoms with Gasteiger partial charge in [-0.25, -0.2) is 0 Å². The molecule has 136 valence electrons. The number of amides is 1. The number of nitrogens with one attached hydrogen (secondary N) is 1. The SMILES string of the molecule is COC(=O)C(CC(C)C)NC(C(=O)N(C)C)c1ccc2occc2c1. The molecule has 0 aliphatic heterocycles. The summed E-state index contributed by atoms with van der Waals surface area (Å²) in [4.78, 5) is 26.4. The van der Waals surface area contributed by atoms with E-state index in [1.54, 1.807) is 20.4 Å². The molecule has 0 spiro atoms. The highest BCUT2D eigenvalue weighted by atomic mass is 16.5. The van der Waals surface area contributed by atoms with Gasteiger partial charge in [-0.2, -0.15) is 0 Å². The summed E-state index contributed by atoms with van der Waals surface area (Å²) in [5, 5.41) is 4.11. The van der Waals surface area contributed by atoms with Crippen LogP contribution >= 0.6 is 0 Å². The molecule has 0 radical (unpaired) electrons. The molecule has 1 N–H and O–H groups in total. The number of rotatable bonds is 7. The van der Waals surface area contributed by atoms with Gasteiger partial charge in [-0.15, -0.1) is 0 Å². The smallest absolute Gasteiger partial charge is 0.322 e. The van der Waals surface area contributed by atoms with E-state index < -0.39 is 12.1 Å². The fourth-order valence-electron chi connectivity index (χ4n) is 2.78. The highest BCUT2D eigenvalue weighted by Gasteiger charge is 2.30. The van der Waals surface area contributed by atoms with Gasteiger partial charge in [0.25, 0.3) is 0 Å². The van der Waals surface area contributed by atoms with Gasteiger partial charge in [-0.3, -0.25) is 14.9 Å². The van der Waals surface area contributed by atoms with Gasteiger partial charge in [0.2, 0.25) is 5.91 Å². The number of furan rings is 1. The van der Waals surface area contributed by atoms with Crippen molar-refractivity contribution < 1.29 is 18.7 Å². The molecule has 0 saturated heterocycles. The summed E-state index contributed by atoms with van der Waals surface area (Å²) in [5.41, 5.74) is 1.54. The van der Waals surface area contributed by atoms with Crippen LogP contribution in [-0.2, 0) is 14.3 Å². The van der Waals surface area contributed by atoms with Crippen LogP contribution in [-0.4, -0.2) is 44.0 Å². The van der Waals surface area contributed by atoms with Crippen LogP contribution in [0.25, 0.3) is 11.0 Å². The minimum absolute atomic E-state index is 0.125. The lowest BCUT2D eigenvalue weighted by atomic mass is 9.99. The fraction of sp³-hybridized carbons (Fsp3) is 0.474. The molecule has 0 fully saturated rings. The summed E-state index contributed by atoms with van der Waals surface area (Å²) >= 11 is 0. The van der Waals surface area contributed by atoms with Gasteiger partial charge < -0.3 is 14.1 Å². The average Bonchev–Trinajstić information content (AvgIpc) is 3.04. The van der Waals surface area contributed by atoms with Gasteiger partial charge in [0.15, 0.2) is 0 Å². The molecule has 0 aliphatic rings. The zero-order valence-corrected chi connectivity index (χ0v) is 15.4. The summed E-state index contributed by atoms with van der Waals surface area (Å²) in [6.07, 6.45) is 2.19. The van der Waals surface area contributed by atoms with Crippen molar-refractivity contribution in [3.8, 4) is 0 Å². The standard InChI is InChI=1S/C19H26N2O4/c1-12(2)10-15(19(23)24-5)20-17(18(22)21(3)4)14-6-7-16-13(11-14)8-9-25-16/h6-9,11-12,15,17,20H,10H2,1-5H3. The van der Waals surface area contributed by atoms with E-state index in [1.807, 2.05) is 38.1 Å². The number of carbonyl (C=O) groups excluding carboxylic acids is 2. The van der Waals surface area contributed by atoms with Crippen molar-refractivity contribution in [2.75, 3.05) is 21.2 Å². The van der Waals surface area contributed by atoms with E-state index in [0.29, 0.717) is 6.42 Å². The molecule has 1 aromatic heterocycles. The van der Waals surface area contributed by atoms with Crippen molar-refractivity contribution in [2.24, 2.45) is 5.92 Å². The van der Waals surface area contributed by atoms with E-state index >= 15 is 0 Å². The van der Waals surface area contributed by atoms with Crippen molar-refractivity contribution in [3.63, 3.8) is 0 Å². The number of likely N-dealkylation sites (N-methyl/N-ethyl adjacent to an activating group) is 1. The van der Waals surface area contributed by atoms with Crippen LogP contribution in [0.3, 0.4) is 0 Å². The Morgan fingerprint density at radius 2 is 1.96 bits per heavy atom. The van der Waals surface area contributed by atoms with E-state index in [9.17, 15) is 9.59 Å². The molecule has 2 rings (SSSR count). The molecule has 6 nitrogen and oxygen atoms in total. The number of methoxy groups -OCH3 is 1. The number of fused-ring (bicyclic) bond motifs is 1. The minimum atomic E-state index is -0.642. The van der Waals surface area contributed by atoms with Crippen LogP contribution in [0.15, 0.2) is 34.9 Å². The number of carbonyl (C=O) groups is 2. The van der Waals surface area contributed by atoms with Gasteiger partial charge in [-0.05, 0) is 36.1 Å². The molecule has 2 unspecified atom stereocenters. The number of hydrogen-bond donors (Lipinski definition) is 1. The summed E-state index contributed by atoms with van der Waals surface area (Å²) in [6, 6.07) is 6.23. The van der Waals surface area contributed by atoms with E-state index in [4.69, 9.17) is 9.15 Å². The molecule has 25 heavy (non-hydrogen) atoms. The zero-order valence-electron chi connectivity index (χ0n) is 15.4. The first-order valence-electron chi connectivity index (χ1n) is 8.35. The lowest BCUT2D eigenvalue weighted by molar-refractivity contribution is -0.144. The summed E-state index contributed by atoms with van der Waals surface area (Å²) in [6.45, 7) is 4.05. The second-order valence-corrected chi connectivity index (χ2v) is 6.76. The molecular formula is C19H26N2O4. The number of esters is 1. The lowest BCUT2D eigenvalue weighted by Gasteiger charge is -2.27. The maximum Gasteiger partial charge on any atom is 0.322 e. The van der Waals surface area contributed by atoms with Gasteiger partial charge >= 0.3 is 5.97 Å². The lowest BCUT2D eigenvalue weighted by Crippen LogP contribution is -2.46. The monoisotopic (exact) mass is 346 g/mol. The third kappa shape index (κ3) is 4.60. The normalized spacial score (nSPS) is 13.7. The van der Waals surface area contributed by atoms with Crippen molar-refractivity contribution in [3.05, 3.63) is 36.1 Å². The van der Waals surface area contributed by atoms with Crippen LogP contribution in [0.4, 0.5) is 0 Å². The van der Waals surface area contributed by atoms with Crippen LogP contribution in [0.1, 0.15) is 31.9 Å². The Hall–Kier alpha value is -2.34. The van der Waals surface area contributed by atoms with Crippen molar-refractivity contribution in [2.45, 2.75) is 32.4 Å². The first kappa shape index (κ1) is 19.0. The predicted octanol–water partition coefficient (Wildman–Crippen LogP) is 2.74. The number of ether oxygens (including phenoxy) is 1. The molecule has 6 heteroatoms. The second kappa shape index (κ2) is 8.16. The Morgan fingerprint density at radius 3 is 2.56 bits per heavy atom. The fourth-order valence-corrected chi connectivity index (χ4v) is 2.78. The summed E-state index contributed by atoms with van der Waals surface area (Å²) in [5.74, 6) is -0.210. The number of hydrogen-bond acceptors (Lipinski definition) is 5. The Labute approximate surface area is 148 Å². The van der Waals surface area contributed by atoms with Crippen LogP contribution in [0, 0.1) is 5.92 Å². The third-order valence-electron chi connectivity index (χ3n) is 4.06. The molecule has 2 atom stereocenters. The van der Waals surface area contributed by atoms with Crippen molar-refractivity contribution in [1.29, 1.82) is 0 Å². The number of nitrogens with zero attached hydrogens (tertiary/aromatic N) is 1. The van der Waals surface area contributed by atoms with Crippen LogP contribution in [0.5, 0.6) is 0 Å². The Bertz CT molecular complexity index is 736. The number of benzene rings is 1. The quantitative estimate of drug-likeness (QED) is 0.781. The van der Waals surface area contributed by atoms with Crippen LogP contribution in [0.2, 0.25) is 0 Å². The van der Waals surface area contributed by atoms with E-state index in [2.05, 4.69) is 5.32 Å². The van der Waals surface area contributed by atoms with Crippen molar-refractivity contribution in [1.82, 2.24) is 10.2 Å². The van der Waals surface area contributed by atoms with Crippen molar-refractivity contribution >= 4 is 22.8 Å². The van der Waals surface area contributed by atoms with Gasteiger partial charge in [0.1, 0.15) is 17.7 Å². The van der Waals surface area contributed by atoms with Gasteiger partial charge in [-0.1, -0.05) is 19.9 Å². The zero-order chi connectivity index (χ0) is 18.6. The third-order valence-corrected chi connectivity index (χ3v) is 4.06. The molecule has 1 heterocycles. The van der Waals surface area contributed by atoms with E-state index in [-0.39, 0.29) is 17.8 Å². The maximum absolute atomic E-state index is 12.7. The molecule has 0 saturated carbocycles. The maximum atomic E-state index is 12.7. The Balaban J connectivity index is 2.37. The Morgan fingerprint density at radius 1 is 1.24 bits per heavy atom. The first-order chi connectivity index (χ1) is 11.8. The molecular weight excluding hydrogens is 320 g/mol. The predicted molar refractivity (Wildman–Crippen MR) is 96.0 cm³/mol. The minimum Gasteiger partial charge on any atom is -0.468 e. The molecule has 0 aliphatic carbocycles. The molecule has 0 bridgehead atoms. The second-order valence-electron chi connectivity index (χ2n) is 6.76. The highest BCUT2D eigenvalue weighted by molar-refractivity contribution is 5.86. The van der Waals surface area contributed by atoms with E-state index in [0.717, 1.165) is 16.5 Å². The summed E-state index contributed by atoms with van der Waals surface area (Å²) in [7, 11) is 4.75.